The minimum absolute atomic E-state index is 0.555. The first-order chi connectivity index (χ1) is 35.2. The smallest absolute Gasteiger partial charge is 0.0755 e. The molecule has 0 amide bonds. The van der Waals surface area contributed by atoms with Gasteiger partial charge >= 0.3 is 0 Å². The SMILES string of the molecule is c1ccc(N2c3ccccc3C3(c4ccccc4)c4cc(N(c5ccc6c(c5)C(c5ccccc5)(c5ccccc5)c5ccccc5-6)c5cccc6sc7ccccc7c56)ccc4-c4cccc2c43)cc1. The lowest BCUT2D eigenvalue weighted by Gasteiger charge is -2.44. The second-order valence-electron chi connectivity index (χ2n) is 19.1. The maximum Gasteiger partial charge on any atom is 0.0755 e. The fourth-order valence-electron chi connectivity index (χ4n) is 13.0. The van der Waals surface area contributed by atoms with E-state index in [1.807, 2.05) is 11.3 Å². The summed E-state index contributed by atoms with van der Waals surface area (Å²) in [5.41, 5.74) is 21.1. The van der Waals surface area contributed by atoms with Gasteiger partial charge in [0, 0.05) is 42.8 Å². The minimum atomic E-state index is -0.609. The van der Waals surface area contributed by atoms with Crippen LogP contribution in [0.1, 0.15) is 44.5 Å². The molecule has 0 bridgehead atoms. The van der Waals surface area contributed by atoms with E-state index in [1.165, 1.54) is 98.3 Å². The molecule has 0 spiro atoms. The zero-order valence-electron chi connectivity index (χ0n) is 38.7. The van der Waals surface area contributed by atoms with Crippen LogP contribution in [-0.4, -0.2) is 0 Å². The van der Waals surface area contributed by atoms with Crippen molar-refractivity contribution in [3.8, 4) is 22.3 Å². The summed E-state index contributed by atoms with van der Waals surface area (Å²) in [6, 6.07) is 99.9. The van der Waals surface area contributed by atoms with Gasteiger partial charge in [-0.05, 0) is 128 Å². The fourth-order valence-corrected chi connectivity index (χ4v) is 14.2. The highest BCUT2D eigenvalue weighted by Crippen LogP contribution is 2.66. The highest BCUT2D eigenvalue weighted by atomic mass is 32.1. The molecule has 0 N–H and O–H groups in total. The number of hydrogen-bond donors (Lipinski definition) is 0. The minimum Gasteiger partial charge on any atom is -0.310 e. The van der Waals surface area contributed by atoms with E-state index < -0.39 is 10.8 Å². The van der Waals surface area contributed by atoms with E-state index in [1.54, 1.807) is 0 Å². The molecule has 15 rings (SSSR count). The number of rotatable bonds is 7. The van der Waals surface area contributed by atoms with Gasteiger partial charge in [0.05, 0.1) is 27.9 Å². The Hall–Kier alpha value is -8.76. The molecule has 2 heterocycles. The Labute approximate surface area is 417 Å². The zero-order valence-corrected chi connectivity index (χ0v) is 39.5. The predicted octanol–water partition coefficient (Wildman–Crippen LogP) is 18.0. The van der Waals surface area contributed by atoms with Gasteiger partial charge in [-0.2, -0.15) is 0 Å². The highest BCUT2D eigenvalue weighted by Gasteiger charge is 2.53. The van der Waals surface area contributed by atoms with E-state index in [0.717, 1.165) is 22.7 Å². The third kappa shape index (κ3) is 5.47. The van der Waals surface area contributed by atoms with Gasteiger partial charge < -0.3 is 9.80 Å². The molecule has 1 unspecified atom stereocenters. The standard InChI is InChI=1S/C68H44N2S/c1-5-21-45(22-6-1)67(46-23-7-2-8-24-46)56-32-15-13-29-51(56)52-41-39-49(43-58(52)67)69(61-35-20-38-64-65(61)55-30-14-18-37-63(55)71-64)50-40-42-53-54-31-19-36-62-66(54)68(59(53)44-50,47-25-9-3-10-26-47)57-33-16-17-34-60(57)70(62)48-27-11-4-12-28-48/h1-44H. The number of thiophene rings is 1. The van der Waals surface area contributed by atoms with Gasteiger partial charge in [0.25, 0.3) is 0 Å². The topological polar surface area (TPSA) is 6.48 Å². The summed E-state index contributed by atoms with van der Waals surface area (Å²) in [6.45, 7) is 0. The highest BCUT2D eigenvalue weighted by molar-refractivity contribution is 7.26. The third-order valence-corrected chi connectivity index (χ3v) is 16.8. The average Bonchev–Trinajstić information content (AvgIpc) is 4.08. The summed E-state index contributed by atoms with van der Waals surface area (Å²) >= 11 is 1.87. The van der Waals surface area contributed by atoms with Crippen LogP contribution in [0.15, 0.2) is 267 Å². The molecule has 1 aliphatic heterocycles. The molecule has 0 radical (unpaired) electrons. The molecule has 71 heavy (non-hydrogen) atoms. The van der Waals surface area contributed by atoms with Crippen LogP contribution in [0.3, 0.4) is 0 Å². The van der Waals surface area contributed by atoms with Crippen molar-refractivity contribution in [2.75, 3.05) is 9.80 Å². The van der Waals surface area contributed by atoms with Crippen molar-refractivity contribution in [3.05, 3.63) is 311 Å². The summed E-state index contributed by atoms with van der Waals surface area (Å²) in [5, 5.41) is 2.53. The second kappa shape index (κ2) is 15.4. The summed E-state index contributed by atoms with van der Waals surface area (Å²) in [5.74, 6) is 0. The monoisotopic (exact) mass is 920 g/mol. The lowest BCUT2D eigenvalue weighted by atomic mass is 9.65. The summed E-state index contributed by atoms with van der Waals surface area (Å²) in [7, 11) is 0. The average molecular weight is 921 g/mol. The van der Waals surface area contributed by atoms with E-state index in [2.05, 4.69) is 277 Å². The van der Waals surface area contributed by atoms with Gasteiger partial charge in [-0.1, -0.05) is 200 Å². The van der Waals surface area contributed by atoms with E-state index in [-0.39, 0.29) is 0 Å². The molecule has 11 aromatic carbocycles. The van der Waals surface area contributed by atoms with E-state index in [0.29, 0.717) is 0 Å². The van der Waals surface area contributed by atoms with Crippen molar-refractivity contribution in [2.45, 2.75) is 10.8 Å². The normalized spacial score (nSPS) is 15.5. The van der Waals surface area contributed by atoms with E-state index >= 15 is 0 Å². The molecule has 1 atom stereocenters. The first-order valence-electron chi connectivity index (χ1n) is 24.6. The Morgan fingerprint density at radius 2 is 0.831 bits per heavy atom. The number of fused-ring (bicyclic) bond motifs is 11. The molecular formula is C68H44N2S. The Kier molecular flexibility index (Phi) is 8.69. The van der Waals surface area contributed by atoms with Crippen LogP contribution in [0.2, 0.25) is 0 Å². The molecular weight excluding hydrogens is 877 g/mol. The first kappa shape index (κ1) is 40.2. The van der Waals surface area contributed by atoms with Crippen LogP contribution in [0.4, 0.5) is 34.1 Å². The van der Waals surface area contributed by atoms with Crippen LogP contribution in [0.25, 0.3) is 42.4 Å². The van der Waals surface area contributed by atoms with E-state index in [9.17, 15) is 0 Å². The predicted molar refractivity (Wildman–Crippen MR) is 297 cm³/mol. The Balaban J connectivity index is 1.04. The zero-order chi connectivity index (χ0) is 46.7. The Bertz CT molecular complexity index is 4030. The van der Waals surface area contributed by atoms with Gasteiger partial charge in [0.15, 0.2) is 0 Å². The van der Waals surface area contributed by atoms with Gasteiger partial charge in [-0.25, -0.2) is 0 Å². The number of benzene rings is 11. The molecule has 0 saturated carbocycles. The maximum atomic E-state index is 2.57. The van der Waals surface area contributed by atoms with Crippen molar-refractivity contribution in [1.29, 1.82) is 0 Å². The van der Waals surface area contributed by atoms with Crippen molar-refractivity contribution in [3.63, 3.8) is 0 Å². The van der Waals surface area contributed by atoms with E-state index in [4.69, 9.17) is 0 Å². The first-order valence-corrected chi connectivity index (χ1v) is 25.4. The van der Waals surface area contributed by atoms with Crippen LogP contribution in [-0.2, 0) is 10.8 Å². The second-order valence-corrected chi connectivity index (χ2v) is 20.2. The molecule has 3 heteroatoms. The number of anilines is 6. The molecule has 332 valence electrons. The van der Waals surface area contributed by atoms with Gasteiger partial charge in [0.1, 0.15) is 0 Å². The van der Waals surface area contributed by atoms with Crippen LogP contribution >= 0.6 is 11.3 Å². The van der Waals surface area contributed by atoms with Gasteiger partial charge in [0.2, 0.25) is 0 Å². The molecule has 0 fully saturated rings. The molecule has 2 aliphatic carbocycles. The van der Waals surface area contributed by atoms with Gasteiger partial charge in [-0.15, -0.1) is 11.3 Å². The molecule has 3 aliphatic rings. The molecule has 0 saturated heterocycles. The van der Waals surface area contributed by atoms with Crippen LogP contribution < -0.4 is 9.80 Å². The van der Waals surface area contributed by atoms with Crippen molar-refractivity contribution >= 4 is 65.6 Å². The number of para-hydroxylation sites is 2. The molecule has 1 aromatic heterocycles. The van der Waals surface area contributed by atoms with Crippen molar-refractivity contribution in [1.82, 2.24) is 0 Å². The lowest BCUT2D eigenvalue weighted by molar-refractivity contribution is 0.753. The molecule has 2 nitrogen and oxygen atoms in total. The van der Waals surface area contributed by atoms with Gasteiger partial charge in [-0.3, -0.25) is 0 Å². The van der Waals surface area contributed by atoms with Crippen molar-refractivity contribution in [2.24, 2.45) is 0 Å². The summed E-state index contributed by atoms with van der Waals surface area (Å²) in [6.07, 6.45) is 0. The maximum absolute atomic E-state index is 2.57. The van der Waals surface area contributed by atoms with Crippen molar-refractivity contribution < 1.29 is 0 Å². The number of nitrogens with zero attached hydrogens (tertiary/aromatic N) is 2. The van der Waals surface area contributed by atoms with Crippen LogP contribution in [0, 0.1) is 0 Å². The Morgan fingerprint density at radius 3 is 1.54 bits per heavy atom. The molecule has 12 aromatic rings. The summed E-state index contributed by atoms with van der Waals surface area (Å²) < 4.78 is 2.56. The van der Waals surface area contributed by atoms with Crippen LogP contribution in [0.5, 0.6) is 0 Å². The summed E-state index contributed by atoms with van der Waals surface area (Å²) in [4.78, 5) is 5.05. The lowest BCUT2D eigenvalue weighted by Crippen LogP contribution is -2.36. The number of hydrogen-bond acceptors (Lipinski definition) is 3. The Morgan fingerprint density at radius 1 is 0.338 bits per heavy atom. The fraction of sp³-hybridized carbons (Fsp3) is 0.0294. The largest absolute Gasteiger partial charge is 0.310 e. The third-order valence-electron chi connectivity index (χ3n) is 15.7. The quantitative estimate of drug-likeness (QED) is 0.157.